The molecular formula is C16H11F3N4O. The number of hydrogen-bond acceptors (Lipinski definition) is 4. The van der Waals surface area contributed by atoms with E-state index in [9.17, 15) is 18.0 Å². The number of benzene rings is 2. The number of amides is 1. The third-order valence-corrected chi connectivity index (χ3v) is 3.27. The number of rotatable bonds is 4. The highest BCUT2D eigenvalue weighted by atomic mass is 19.2. The van der Waals surface area contributed by atoms with Gasteiger partial charge in [-0.25, -0.2) is 23.1 Å². The SMILES string of the molecule is O=C(CNc1ncnc2ccccc12)Nc1ccc(F)c(F)c1F. The van der Waals surface area contributed by atoms with Gasteiger partial charge in [-0.2, -0.15) is 0 Å². The number of fused-ring (bicyclic) bond motifs is 1. The summed E-state index contributed by atoms with van der Waals surface area (Å²) in [6.07, 6.45) is 1.34. The molecule has 0 bridgehead atoms. The first-order valence-corrected chi connectivity index (χ1v) is 6.93. The summed E-state index contributed by atoms with van der Waals surface area (Å²) in [4.78, 5) is 20.0. The van der Waals surface area contributed by atoms with Crippen LogP contribution in [0.25, 0.3) is 10.9 Å². The van der Waals surface area contributed by atoms with E-state index < -0.39 is 29.0 Å². The molecule has 0 spiro atoms. The van der Waals surface area contributed by atoms with Gasteiger partial charge in [0.2, 0.25) is 5.91 Å². The van der Waals surface area contributed by atoms with Crippen LogP contribution in [-0.2, 0) is 4.79 Å². The molecule has 0 saturated heterocycles. The van der Waals surface area contributed by atoms with E-state index in [1.165, 1.54) is 6.33 Å². The Kier molecular flexibility index (Phi) is 4.28. The van der Waals surface area contributed by atoms with Crippen molar-refractivity contribution in [2.75, 3.05) is 17.2 Å². The normalized spacial score (nSPS) is 10.6. The standard InChI is InChI=1S/C16H11F3N4O/c17-10-5-6-12(15(19)14(10)18)23-13(24)7-20-16-9-3-1-2-4-11(9)21-8-22-16/h1-6,8H,7H2,(H,23,24)(H,20,21,22). The molecule has 122 valence electrons. The van der Waals surface area contributed by atoms with Crippen molar-refractivity contribution < 1.29 is 18.0 Å². The molecule has 8 heteroatoms. The smallest absolute Gasteiger partial charge is 0.243 e. The van der Waals surface area contributed by atoms with Gasteiger partial charge in [0.25, 0.3) is 0 Å². The van der Waals surface area contributed by atoms with Gasteiger partial charge in [-0.1, -0.05) is 12.1 Å². The van der Waals surface area contributed by atoms with Gasteiger partial charge in [-0.05, 0) is 24.3 Å². The summed E-state index contributed by atoms with van der Waals surface area (Å²) >= 11 is 0. The number of aromatic nitrogens is 2. The van der Waals surface area contributed by atoms with Crippen LogP contribution >= 0.6 is 0 Å². The Morgan fingerprint density at radius 3 is 2.62 bits per heavy atom. The number of nitrogens with zero attached hydrogens (tertiary/aromatic N) is 2. The Bertz CT molecular complexity index is 912. The Balaban J connectivity index is 1.71. The minimum atomic E-state index is -1.64. The van der Waals surface area contributed by atoms with E-state index in [4.69, 9.17) is 0 Å². The maximum absolute atomic E-state index is 13.5. The lowest BCUT2D eigenvalue weighted by atomic mass is 10.2. The number of nitrogens with one attached hydrogen (secondary N) is 2. The second-order valence-electron chi connectivity index (χ2n) is 4.86. The third kappa shape index (κ3) is 3.12. The largest absolute Gasteiger partial charge is 0.360 e. The zero-order valence-electron chi connectivity index (χ0n) is 12.2. The van der Waals surface area contributed by atoms with Gasteiger partial charge in [0.1, 0.15) is 12.1 Å². The highest BCUT2D eigenvalue weighted by Crippen LogP contribution is 2.20. The number of carbonyl (C=O) groups excluding carboxylic acids is 1. The molecule has 1 amide bonds. The van der Waals surface area contributed by atoms with Gasteiger partial charge >= 0.3 is 0 Å². The van der Waals surface area contributed by atoms with Crippen LogP contribution in [0, 0.1) is 17.5 Å². The van der Waals surface area contributed by atoms with Crippen molar-refractivity contribution in [3.8, 4) is 0 Å². The highest BCUT2D eigenvalue weighted by molar-refractivity contribution is 5.95. The Labute approximate surface area is 134 Å². The summed E-state index contributed by atoms with van der Waals surface area (Å²) in [7, 11) is 0. The molecule has 3 rings (SSSR count). The van der Waals surface area contributed by atoms with Gasteiger partial charge in [-0.15, -0.1) is 0 Å². The molecule has 0 radical (unpaired) electrons. The van der Waals surface area contributed by atoms with Gasteiger partial charge < -0.3 is 10.6 Å². The van der Waals surface area contributed by atoms with Crippen molar-refractivity contribution >= 4 is 28.3 Å². The lowest BCUT2D eigenvalue weighted by Gasteiger charge is -2.10. The zero-order valence-corrected chi connectivity index (χ0v) is 12.2. The predicted molar refractivity (Wildman–Crippen MR) is 83.0 cm³/mol. The van der Waals surface area contributed by atoms with E-state index in [0.717, 1.165) is 12.1 Å². The summed E-state index contributed by atoms with van der Waals surface area (Å²) in [6.45, 7) is -0.237. The minimum absolute atomic E-state index is 0.237. The molecule has 0 saturated carbocycles. The van der Waals surface area contributed by atoms with E-state index in [-0.39, 0.29) is 6.54 Å². The molecule has 0 atom stereocenters. The van der Waals surface area contributed by atoms with Crippen LogP contribution in [0.15, 0.2) is 42.7 Å². The van der Waals surface area contributed by atoms with E-state index in [2.05, 4.69) is 20.6 Å². The van der Waals surface area contributed by atoms with Gasteiger partial charge in [-0.3, -0.25) is 4.79 Å². The van der Waals surface area contributed by atoms with Crippen LogP contribution in [0.5, 0.6) is 0 Å². The fourth-order valence-electron chi connectivity index (χ4n) is 2.13. The maximum Gasteiger partial charge on any atom is 0.243 e. The van der Waals surface area contributed by atoms with Crippen molar-refractivity contribution in [3.05, 3.63) is 60.2 Å². The maximum atomic E-state index is 13.5. The summed E-state index contributed by atoms with van der Waals surface area (Å²) in [5, 5.41) is 5.68. The molecule has 0 aliphatic carbocycles. The number of anilines is 2. The third-order valence-electron chi connectivity index (χ3n) is 3.27. The molecule has 1 aromatic heterocycles. The van der Waals surface area contributed by atoms with Crippen molar-refractivity contribution in [2.45, 2.75) is 0 Å². The van der Waals surface area contributed by atoms with Crippen LogP contribution in [0.1, 0.15) is 0 Å². The predicted octanol–water partition coefficient (Wildman–Crippen LogP) is 3.10. The summed E-state index contributed by atoms with van der Waals surface area (Å²) < 4.78 is 39.5. The number of carbonyl (C=O) groups is 1. The molecule has 24 heavy (non-hydrogen) atoms. The topological polar surface area (TPSA) is 66.9 Å². The van der Waals surface area contributed by atoms with Crippen molar-refractivity contribution in [1.82, 2.24) is 9.97 Å². The first-order valence-electron chi connectivity index (χ1n) is 6.93. The summed E-state index contributed by atoms with van der Waals surface area (Å²) in [5.41, 5.74) is 0.260. The molecule has 0 aliphatic heterocycles. The molecule has 3 aromatic rings. The Hall–Kier alpha value is -3.16. The Morgan fingerprint density at radius 1 is 1.00 bits per heavy atom. The summed E-state index contributed by atoms with van der Waals surface area (Å²) in [5.74, 6) is -4.61. The average Bonchev–Trinajstić information content (AvgIpc) is 2.60. The monoisotopic (exact) mass is 332 g/mol. The minimum Gasteiger partial charge on any atom is -0.360 e. The van der Waals surface area contributed by atoms with Crippen LogP contribution < -0.4 is 10.6 Å². The first-order chi connectivity index (χ1) is 11.6. The van der Waals surface area contributed by atoms with E-state index in [0.29, 0.717) is 16.7 Å². The zero-order chi connectivity index (χ0) is 17.1. The molecule has 5 nitrogen and oxygen atoms in total. The molecular weight excluding hydrogens is 321 g/mol. The lowest BCUT2D eigenvalue weighted by molar-refractivity contribution is -0.114. The number of halogens is 3. The van der Waals surface area contributed by atoms with Crippen LogP contribution in [0.4, 0.5) is 24.7 Å². The van der Waals surface area contributed by atoms with E-state index in [1.807, 2.05) is 6.07 Å². The quantitative estimate of drug-likeness (QED) is 0.721. The van der Waals surface area contributed by atoms with Gasteiger partial charge in [0.05, 0.1) is 17.7 Å². The van der Waals surface area contributed by atoms with Crippen molar-refractivity contribution in [2.24, 2.45) is 0 Å². The molecule has 2 aromatic carbocycles. The lowest BCUT2D eigenvalue weighted by Crippen LogP contribution is -2.23. The number of hydrogen-bond donors (Lipinski definition) is 2. The van der Waals surface area contributed by atoms with E-state index in [1.54, 1.807) is 18.2 Å². The fourth-order valence-corrected chi connectivity index (χ4v) is 2.13. The fraction of sp³-hybridized carbons (Fsp3) is 0.0625. The van der Waals surface area contributed by atoms with Gasteiger partial charge in [0, 0.05) is 5.39 Å². The van der Waals surface area contributed by atoms with Crippen molar-refractivity contribution in [3.63, 3.8) is 0 Å². The van der Waals surface area contributed by atoms with Gasteiger partial charge in [0.15, 0.2) is 17.5 Å². The van der Waals surface area contributed by atoms with E-state index >= 15 is 0 Å². The molecule has 1 heterocycles. The highest BCUT2D eigenvalue weighted by Gasteiger charge is 2.15. The Morgan fingerprint density at radius 2 is 1.79 bits per heavy atom. The second-order valence-corrected chi connectivity index (χ2v) is 4.86. The first kappa shape index (κ1) is 15.7. The molecule has 0 fully saturated rings. The molecule has 2 N–H and O–H groups in total. The summed E-state index contributed by atoms with van der Waals surface area (Å²) in [6, 6.07) is 8.87. The molecule has 0 aliphatic rings. The average molecular weight is 332 g/mol. The van der Waals surface area contributed by atoms with Crippen molar-refractivity contribution in [1.29, 1.82) is 0 Å². The molecule has 0 unspecified atom stereocenters. The van der Waals surface area contributed by atoms with Crippen LogP contribution in [0.3, 0.4) is 0 Å². The number of para-hydroxylation sites is 1. The van der Waals surface area contributed by atoms with Crippen LogP contribution in [0.2, 0.25) is 0 Å². The second kappa shape index (κ2) is 6.53. The van der Waals surface area contributed by atoms with Crippen LogP contribution in [-0.4, -0.2) is 22.4 Å².